The zero-order valence-corrected chi connectivity index (χ0v) is 14.0. The van der Waals surface area contributed by atoms with Gasteiger partial charge in [0.15, 0.2) is 0 Å². The second-order valence-electron chi connectivity index (χ2n) is 5.99. The fourth-order valence-corrected chi connectivity index (χ4v) is 3.36. The SMILES string of the molecule is Cc1c(C(=O)N[C@@H]2CCC[C@@H]2C(=O)O)cnn1-c1cccc(Cl)c1. The molecule has 1 fully saturated rings. The molecule has 0 spiro atoms. The molecular formula is C17H18ClN3O3. The predicted octanol–water partition coefficient (Wildman–Crippen LogP) is 2.82. The minimum Gasteiger partial charge on any atom is -0.481 e. The molecule has 1 aliphatic rings. The van der Waals surface area contributed by atoms with Gasteiger partial charge in [-0.15, -0.1) is 0 Å². The van der Waals surface area contributed by atoms with E-state index in [0.717, 1.165) is 12.1 Å². The number of nitrogens with zero attached hydrogens (tertiary/aromatic N) is 2. The highest BCUT2D eigenvalue weighted by Gasteiger charge is 2.34. The zero-order chi connectivity index (χ0) is 17.3. The van der Waals surface area contributed by atoms with Gasteiger partial charge < -0.3 is 10.4 Å². The molecular weight excluding hydrogens is 330 g/mol. The molecule has 0 unspecified atom stereocenters. The summed E-state index contributed by atoms with van der Waals surface area (Å²) in [6, 6.07) is 6.87. The van der Waals surface area contributed by atoms with Crippen molar-refractivity contribution in [2.45, 2.75) is 32.2 Å². The Morgan fingerprint density at radius 1 is 1.38 bits per heavy atom. The number of carbonyl (C=O) groups is 2. The second-order valence-corrected chi connectivity index (χ2v) is 6.43. The Bertz CT molecular complexity index is 787. The van der Waals surface area contributed by atoms with Gasteiger partial charge in [-0.2, -0.15) is 5.10 Å². The number of rotatable bonds is 4. The van der Waals surface area contributed by atoms with Crippen LogP contribution < -0.4 is 5.32 Å². The van der Waals surface area contributed by atoms with E-state index in [2.05, 4.69) is 10.4 Å². The molecule has 1 aromatic carbocycles. The van der Waals surface area contributed by atoms with Crippen LogP contribution in [0.4, 0.5) is 0 Å². The van der Waals surface area contributed by atoms with Gasteiger partial charge in [-0.25, -0.2) is 4.68 Å². The number of carboxylic acids is 1. The van der Waals surface area contributed by atoms with Crippen molar-refractivity contribution in [3.8, 4) is 5.69 Å². The van der Waals surface area contributed by atoms with Crippen molar-refractivity contribution in [1.82, 2.24) is 15.1 Å². The number of hydrogen-bond donors (Lipinski definition) is 2. The third-order valence-corrected chi connectivity index (χ3v) is 4.69. The standard InChI is InChI=1S/C17H18ClN3O3/c1-10-14(9-19-21(10)12-5-2-4-11(18)8-12)16(22)20-15-7-3-6-13(15)17(23)24/h2,4-5,8-9,13,15H,3,6-7H2,1H3,(H,20,22)(H,23,24)/t13-,15+/m0/s1. The zero-order valence-electron chi connectivity index (χ0n) is 13.2. The van der Waals surface area contributed by atoms with Crippen LogP contribution in [0.25, 0.3) is 5.69 Å². The van der Waals surface area contributed by atoms with E-state index < -0.39 is 11.9 Å². The maximum atomic E-state index is 12.5. The molecule has 0 aliphatic heterocycles. The van der Waals surface area contributed by atoms with Gasteiger partial charge in [0.05, 0.1) is 29.1 Å². The number of amides is 1. The summed E-state index contributed by atoms with van der Waals surface area (Å²) in [6.07, 6.45) is 3.59. The number of carbonyl (C=O) groups excluding carboxylic acids is 1. The van der Waals surface area contributed by atoms with Crippen LogP contribution in [0.15, 0.2) is 30.5 Å². The van der Waals surface area contributed by atoms with Crippen molar-refractivity contribution in [3.63, 3.8) is 0 Å². The molecule has 0 bridgehead atoms. The fourth-order valence-electron chi connectivity index (χ4n) is 3.18. The summed E-state index contributed by atoms with van der Waals surface area (Å²) >= 11 is 6.00. The van der Waals surface area contributed by atoms with Crippen molar-refractivity contribution in [2.75, 3.05) is 0 Å². The molecule has 24 heavy (non-hydrogen) atoms. The van der Waals surface area contributed by atoms with Crippen molar-refractivity contribution < 1.29 is 14.7 Å². The first-order valence-electron chi connectivity index (χ1n) is 7.81. The number of nitrogens with one attached hydrogen (secondary N) is 1. The topological polar surface area (TPSA) is 84.2 Å². The maximum Gasteiger partial charge on any atom is 0.308 e. The Balaban J connectivity index is 1.80. The van der Waals surface area contributed by atoms with Gasteiger partial charge in [0.25, 0.3) is 5.91 Å². The first-order chi connectivity index (χ1) is 11.5. The van der Waals surface area contributed by atoms with Gasteiger partial charge in [-0.3, -0.25) is 9.59 Å². The van der Waals surface area contributed by atoms with Crippen molar-refractivity contribution in [1.29, 1.82) is 0 Å². The quantitative estimate of drug-likeness (QED) is 0.890. The summed E-state index contributed by atoms with van der Waals surface area (Å²) in [6.45, 7) is 1.80. The third-order valence-electron chi connectivity index (χ3n) is 4.46. The Kier molecular flexibility index (Phi) is 4.57. The Hall–Kier alpha value is -2.34. The minimum atomic E-state index is -0.857. The molecule has 2 aromatic rings. The van der Waals surface area contributed by atoms with Crippen LogP contribution in [0.5, 0.6) is 0 Å². The van der Waals surface area contributed by atoms with Gasteiger partial charge in [-0.05, 0) is 38.0 Å². The summed E-state index contributed by atoms with van der Waals surface area (Å²) in [5.74, 6) is -1.67. The first kappa shape index (κ1) is 16.5. The smallest absolute Gasteiger partial charge is 0.308 e. The summed E-state index contributed by atoms with van der Waals surface area (Å²) in [4.78, 5) is 23.8. The third kappa shape index (κ3) is 3.14. The molecule has 1 aliphatic carbocycles. The first-order valence-corrected chi connectivity index (χ1v) is 8.19. The van der Waals surface area contributed by atoms with E-state index in [4.69, 9.17) is 11.6 Å². The molecule has 1 heterocycles. The lowest BCUT2D eigenvalue weighted by molar-refractivity contribution is -0.142. The molecule has 1 amide bonds. The van der Waals surface area contributed by atoms with E-state index in [0.29, 0.717) is 29.1 Å². The predicted molar refractivity (Wildman–Crippen MR) is 89.5 cm³/mol. The lowest BCUT2D eigenvalue weighted by atomic mass is 10.0. The van der Waals surface area contributed by atoms with Crippen molar-refractivity contribution >= 4 is 23.5 Å². The van der Waals surface area contributed by atoms with Crippen molar-refractivity contribution in [2.24, 2.45) is 5.92 Å². The van der Waals surface area contributed by atoms with Crippen LogP contribution in [-0.4, -0.2) is 32.8 Å². The molecule has 3 rings (SSSR count). The number of benzene rings is 1. The van der Waals surface area contributed by atoms with Gasteiger partial charge in [-0.1, -0.05) is 24.1 Å². The van der Waals surface area contributed by atoms with E-state index in [1.54, 1.807) is 23.7 Å². The summed E-state index contributed by atoms with van der Waals surface area (Å²) < 4.78 is 1.64. The number of aromatic nitrogens is 2. The second kappa shape index (κ2) is 6.65. The number of aliphatic carboxylic acids is 1. The van der Waals surface area contributed by atoms with Crippen LogP contribution in [0.3, 0.4) is 0 Å². The minimum absolute atomic E-state index is 0.293. The summed E-state index contributed by atoms with van der Waals surface area (Å²) in [5.41, 5.74) is 1.88. The van der Waals surface area contributed by atoms with E-state index in [-0.39, 0.29) is 11.9 Å². The van der Waals surface area contributed by atoms with E-state index in [1.807, 2.05) is 12.1 Å². The Morgan fingerprint density at radius 2 is 2.17 bits per heavy atom. The summed E-state index contributed by atoms with van der Waals surface area (Å²) in [7, 11) is 0. The number of hydrogen-bond acceptors (Lipinski definition) is 3. The van der Waals surface area contributed by atoms with Gasteiger partial charge in [0.1, 0.15) is 0 Å². The lowest BCUT2D eigenvalue weighted by Crippen LogP contribution is -2.40. The molecule has 0 saturated heterocycles. The van der Waals surface area contributed by atoms with Crippen LogP contribution in [0, 0.1) is 12.8 Å². The monoisotopic (exact) mass is 347 g/mol. The highest BCUT2D eigenvalue weighted by molar-refractivity contribution is 6.30. The van der Waals surface area contributed by atoms with Gasteiger partial charge in [0.2, 0.25) is 0 Å². The van der Waals surface area contributed by atoms with E-state index >= 15 is 0 Å². The van der Waals surface area contributed by atoms with Gasteiger partial charge in [0, 0.05) is 11.1 Å². The van der Waals surface area contributed by atoms with Gasteiger partial charge >= 0.3 is 5.97 Å². The molecule has 1 saturated carbocycles. The molecule has 2 N–H and O–H groups in total. The maximum absolute atomic E-state index is 12.5. The molecule has 0 radical (unpaired) electrons. The van der Waals surface area contributed by atoms with Crippen molar-refractivity contribution in [3.05, 3.63) is 46.7 Å². The molecule has 1 aromatic heterocycles. The van der Waals surface area contributed by atoms with Crippen LogP contribution in [0.2, 0.25) is 5.02 Å². The highest BCUT2D eigenvalue weighted by atomic mass is 35.5. The van der Waals surface area contributed by atoms with Crippen LogP contribution in [0.1, 0.15) is 35.3 Å². The Morgan fingerprint density at radius 3 is 2.88 bits per heavy atom. The van der Waals surface area contributed by atoms with Crippen LogP contribution >= 0.6 is 11.6 Å². The number of carboxylic acid groups (broad SMARTS) is 1. The fraction of sp³-hybridized carbons (Fsp3) is 0.353. The molecule has 126 valence electrons. The summed E-state index contributed by atoms with van der Waals surface area (Å²) in [5, 5.41) is 16.9. The average molecular weight is 348 g/mol. The lowest BCUT2D eigenvalue weighted by Gasteiger charge is -2.17. The Labute approximate surface area is 144 Å². The largest absolute Gasteiger partial charge is 0.481 e. The molecule has 7 heteroatoms. The molecule has 6 nitrogen and oxygen atoms in total. The highest BCUT2D eigenvalue weighted by Crippen LogP contribution is 2.26. The van der Waals surface area contributed by atoms with E-state index in [1.165, 1.54) is 6.20 Å². The van der Waals surface area contributed by atoms with Crippen LogP contribution in [-0.2, 0) is 4.79 Å². The number of halogens is 1. The average Bonchev–Trinajstić information content (AvgIpc) is 3.13. The van der Waals surface area contributed by atoms with E-state index in [9.17, 15) is 14.7 Å². The molecule has 2 atom stereocenters. The normalized spacial score (nSPS) is 20.1.